The molecule has 0 spiro atoms. The van der Waals surface area contributed by atoms with Crippen LogP contribution in [0.15, 0.2) is 23.1 Å². The zero-order valence-electron chi connectivity index (χ0n) is 11.4. The maximum absolute atomic E-state index is 12.1. The van der Waals surface area contributed by atoms with Gasteiger partial charge in [0.25, 0.3) is 0 Å². The van der Waals surface area contributed by atoms with Crippen LogP contribution in [-0.4, -0.2) is 45.3 Å². The lowest BCUT2D eigenvalue weighted by Gasteiger charge is -2.18. The van der Waals surface area contributed by atoms with Gasteiger partial charge in [0.05, 0.1) is 17.4 Å². The minimum absolute atomic E-state index is 0.0295. The predicted molar refractivity (Wildman–Crippen MR) is 76.8 cm³/mol. The normalized spacial score (nSPS) is 19.1. The van der Waals surface area contributed by atoms with Gasteiger partial charge in [0.2, 0.25) is 15.9 Å². The maximum Gasteiger partial charge on any atom is 0.244 e. The van der Waals surface area contributed by atoms with E-state index in [4.69, 9.17) is 5.73 Å². The SMILES string of the molecule is CN(C)S(=O)(=O)c1cccc(NC2CNC(=O)C2)c1N. The van der Waals surface area contributed by atoms with E-state index in [0.717, 1.165) is 4.31 Å². The Bertz CT molecular complexity index is 628. The molecule has 1 aromatic rings. The highest BCUT2D eigenvalue weighted by Crippen LogP contribution is 2.29. The van der Waals surface area contributed by atoms with Gasteiger partial charge < -0.3 is 16.4 Å². The van der Waals surface area contributed by atoms with E-state index in [2.05, 4.69) is 10.6 Å². The molecule has 1 saturated heterocycles. The molecule has 20 heavy (non-hydrogen) atoms. The van der Waals surface area contributed by atoms with Gasteiger partial charge in [-0.3, -0.25) is 4.79 Å². The number of para-hydroxylation sites is 1. The summed E-state index contributed by atoms with van der Waals surface area (Å²) in [6.07, 6.45) is 0.351. The Balaban J connectivity index is 2.31. The summed E-state index contributed by atoms with van der Waals surface area (Å²) in [6, 6.07) is 4.71. The quantitative estimate of drug-likeness (QED) is 0.669. The number of nitrogen functional groups attached to an aromatic ring is 1. The number of nitrogens with one attached hydrogen (secondary N) is 2. The largest absolute Gasteiger partial charge is 0.396 e. The molecule has 1 heterocycles. The van der Waals surface area contributed by atoms with Gasteiger partial charge in [-0.05, 0) is 12.1 Å². The Morgan fingerprint density at radius 1 is 1.40 bits per heavy atom. The Labute approximate surface area is 118 Å². The molecule has 8 heteroatoms. The molecule has 0 radical (unpaired) electrons. The summed E-state index contributed by atoms with van der Waals surface area (Å²) in [5, 5.41) is 5.80. The molecule has 4 N–H and O–H groups in total. The Morgan fingerprint density at radius 3 is 2.65 bits per heavy atom. The van der Waals surface area contributed by atoms with Crippen LogP contribution < -0.4 is 16.4 Å². The highest BCUT2D eigenvalue weighted by Gasteiger charge is 2.25. The summed E-state index contributed by atoms with van der Waals surface area (Å²) >= 11 is 0. The van der Waals surface area contributed by atoms with Gasteiger partial charge in [-0.2, -0.15) is 0 Å². The van der Waals surface area contributed by atoms with Crippen LogP contribution in [0.25, 0.3) is 0 Å². The first-order valence-corrected chi connectivity index (χ1v) is 7.60. The molecule has 1 atom stereocenters. The first kappa shape index (κ1) is 14.6. The lowest BCUT2D eigenvalue weighted by molar-refractivity contribution is -0.119. The minimum atomic E-state index is -3.59. The molecule has 1 aliphatic rings. The molecule has 1 aromatic carbocycles. The number of carbonyl (C=O) groups is 1. The zero-order valence-corrected chi connectivity index (χ0v) is 12.2. The fourth-order valence-electron chi connectivity index (χ4n) is 2.02. The molecule has 1 amide bonds. The third-order valence-electron chi connectivity index (χ3n) is 3.16. The number of nitrogens with two attached hydrogens (primary N) is 1. The van der Waals surface area contributed by atoms with E-state index in [0.29, 0.717) is 18.7 Å². The molecule has 0 aromatic heterocycles. The van der Waals surface area contributed by atoms with Gasteiger partial charge in [0, 0.05) is 27.1 Å². The van der Waals surface area contributed by atoms with Gasteiger partial charge in [0.1, 0.15) is 4.90 Å². The molecule has 1 aliphatic heterocycles. The maximum atomic E-state index is 12.1. The summed E-state index contributed by atoms with van der Waals surface area (Å²) in [6.45, 7) is 0.503. The van der Waals surface area contributed by atoms with Crippen LogP contribution in [0, 0.1) is 0 Å². The average molecular weight is 298 g/mol. The van der Waals surface area contributed by atoms with E-state index in [-0.39, 0.29) is 22.5 Å². The summed E-state index contributed by atoms with van der Waals surface area (Å²) in [7, 11) is -0.683. The second-order valence-corrected chi connectivity index (χ2v) is 6.97. The van der Waals surface area contributed by atoms with Crippen molar-refractivity contribution in [3.63, 3.8) is 0 Å². The van der Waals surface area contributed by atoms with Crippen molar-refractivity contribution in [2.24, 2.45) is 0 Å². The summed E-state index contributed by atoms with van der Waals surface area (Å²) in [5.41, 5.74) is 6.64. The van der Waals surface area contributed by atoms with E-state index in [1.165, 1.54) is 20.2 Å². The van der Waals surface area contributed by atoms with Crippen molar-refractivity contribution in [1.82, 2.24) is 9.62 Å². The van der Waals surface area contributed by atoms with Crippen LogP contribution >= 0.6 is 0 Å². The van der Waals surface area contributed by atoms with E-state index >= 15 is 0 Å². The first-order valence-electron chi connectivity index (χ1n) is 6.16. The molecule has 1 unspecified atom stereocenters. The Hall–Kier alpha value is -1.80. The molecular weight excluding hydrogens is 280 g/mol. The third-order valence-corrected chi connectivity index (χ3v) is 5.04. The van der Waals surface area contributed by atoms with Crippen molar-refractivity contribution in [2.75, 3.05) is 31.7 Å². The number of carbonyl (C=O) groups excluding carboxylic acids is 1. The van der Waals surface area contributed by atoms with Crippen LogP contribution in [0.1, 0.15) is 6.42 Å². The van der Waals surface area contributed by atoms with Crippen molar-refractivity contribution >= 4 is 27.3 Å². The smallest absolute Gasteiger partial charge is 0.244 e. The predicted octanol–water partition coefficient (Wildman–Crippen LogP) is -0.180. The fourth-order valence-corrected chi connectivity index (χ4v) is 3.05. The summed E-state index contributed by atoms with van der Waals surface area (Å²) < 4.78 is 25.4. The van der Waals surface area contributed by atoms with Crippen molar-refractivity contribution in [1.29, 1.82) is 0 Å². The third kappa shape index (κ3) is 2.70. The Morgan fingerprint density at radius 2 is 2.10 bits per heavy atom. The number of anilines is 2. The van der Waals surface area contributed by atoms with Crippen molar-refractivity contribution < 1.29 is 13.2 Å². The van der Waals surface area contributed by atoms with Crippen LogP contribution in [-0.2, 0) is 14.8 Å². The molecule has 0 bridgehead atoms. The first-order chi connectivity index (χ1) is 9.32. The Kier molecular flexibility index (Phi) is 3.87. The van der Waals surface area contributed by atoms with Gasteiger partial charge in [-0.1, -0.05) is 6.07 Å². The second-order valence-electron chi connectivity index (χ2n) is 4.85. The van der Waals surface area contributed by atoms with Crippen molar-refractivity contribution in [3.8, 4) is 0 Å². The molecule has 110 valence electrons. The number of rotatable bonds is 4. The van der Waals surface area contributed by atoms with Gasteiger partial charge in [0.15, 0.2) is 0 Å². The standard InChI is InChI=1S/C12H18N4O3S/c1-16(2)20(18,19)10-5-3-4-9(12(10)13)15-8-6-11(17)14-7-8/h3-5,8,15H,6-7,13H2,1-2H3,(H,14,17). The molecule has 2 rings (SSSR count). The fraction of sp³-hybridized carbons (Fsp3) is 0.417. The average Bonchev–Trinajstić information content (AvgIpc) is 2.77. The number of sulfonamides is 1. The van der Waals surface area contributed by atoms with Crippen LogP contribution in [0.5, 0.6) is 0 Å². The number of hydrogen-bond donors (Lipinski definition) is 3. The highest BCUT2D eigenvalue weighted by atomic mass is 32.2. The van der Waals surface area contributed by atoms with E-state index in [1.807, 2.05) is 0 Å². The van der Waals surface area contributed by atoms with Crippen LogP contribution in [0.2, 0.25) is 0 Å². The molecule has 0 saturated carbocycles. The topological polar surface area (TPSA) is 105 Å². The lowest BCUT2D eigenvalue weighted by Crippen LogP contribution is -2.25. The monoisotopic (exact) mass is 298 g/mol. The minimum Gasteiger partial charge on any atom is -0.396 e. The lowest BCUT2D eigenvalue weighted by atomic mass is 10.2. The van der Waals surface area contributed by atoms with Gasteiger partial charge >= 0.3 is 0 Å². The zero-order chi connectivity index (χ0) is 14.9. The molecule has 0 aliphatic carbocycles. The highest BCUT2D eigenvalue weighted by molar-refractivity contribution is 7.89. The number of benzene rings is 1. The number of hydrogen-bond acceptors (Lipinski definition) is 5. The summed E-state index contributed by atoms with van der Waals surface area (Å²) in [4.78, 5) is 11.2. The second kappa shape index (κ2) is 5.29. The molecule has 1 fully saturated rings. The summed E-state index contributed by atoms with van der Waals surface area (Å²) in [5.74, 6) is -0.0295. The molecule has 7 nitrogen and oxygen atoms in total. The van der Waals surface area contributed by atoms with Crippen LogP contribution in [0.4, 0.5) is 11.4 Å². The van der Waals surface area contributed by atoms with Crippen molar-refractivity contribution in [2.45, 2.75) is 17.4 Å². The van der Waals surface area contributed by atoms with E-state index < -0.39 is 10.0 Å². The number of nitrogens with zero attached hydrogens (tertiary/aromatic N) is 1. The van der Waals surface area contributed by atoms with Gasteiger partial charge in [-0.25, -0.2) is 12.7 Å². The van der Waals surface area contributed by atoms with E-state index in [1.54, 1.807) is 12.1 Å². The van der Waals surface area contributed by atoms with Crippen molar-refractivity contribution in [3.05, 3.63) is 18.2 Å². The van der Waals surface area contributed by atoms with Crippen LogP contribution in [0.3, 0.4) is 0 Å². The molecular formula is C12H18N4O3S. The van der Waals surface area contributed by atoms with E-state index in [9.17, 15) is 13.2 Å². The van der Waals surface area contributed by atoms with Gasteiger partial charge in [-0.15, -0.1) is 0 Å². The number of amides is 1.